The standard InChI is InChI=1S/C16H31NO3/c1-4-12-7-5-6-8-14(12)20-15-11-13(17-2)16(15)19-10-9-18-3/h12-17H,4-11H2,1-3H3. The largest absolute Gasteiger partial charge is 0.382 e. The lowest BCUT2D eigenvalue weighted by molar-refractivity contribution is -0.184. The molecule has 0 aliphatic heterocycles. The first-order valence-corrected chi connectivity index (χ1v) is 8.23. The highest BCUT2D eigenvalue weighted by Crippen LogP contribution is 2.35. The first-order chi connectivity index (χ1) is 9.80. The Labute approximate surface area is 123 Å². The van der Waals surface area contributed by atoms with Crippen molar-refractivity contribution >= 4 is 0 Å². The van der Waals surface area contributed by atoms with E-state index < -0.39 is 0 Å². The monoisotopic (exact) mass is 285 g/mol. The van der Waals surface area contributed by atoms with Crippen LogP contribution in [0.15, 0.2) is 0 Å². The van der Waals surface area contributed by atoms with Crippen LogP contribution >= 0.6 is 0 Å². The van der Waals surface area contributed by atoms with Gasteiger partial charge in [0.25, 0.3) is 0 Å². The zero-order valence-corrected chi connectivity index (χ0v) is 13.3. The molecule has 0 radical (unpaired) electrons. The van der Waals surface area contributed by atoms with Crippen molar-refractivity contribution in [3.05, 3.63) is 0 Å². The normalized spacial score (nSPS) is 37.6. The van der Waals surface area contributed by atoms with E-state index in [-0.39, 0.29) is 12.2 Å². The molecule has 0 amide bonds. The van der Waals surface area contributed by atoms with E-state index in [1.165, 1.54) is 32.1 Å². The summed E-state index contributed by atoms with van der Waals surface area (Å²) in [5, 5.41) is 3.33. The number of methoxy groups -OCH3 is 1. The highest BCUT2D eigenvalue weighted by molar-refractivity contribution is 4.97. The molecule has 0 heterocycles. The molecule has 0 aromatic rings. The van der Waals surface area contributed by atoms with Crippen molar-refractivity contribution in [1.82, 2.24) is 5.32 Å². The predicted molar refractivity (Wildman–Crippen MR) is 80.0 cm³/mol. The summed E-state index contributed by atoms with van der Waals surface area (Å²) in [6.07, 6.45) is 8.46. The lowest BCUT2D eigenvalue weighted by atomic mass is 9.82. The smallest absolute Gasteiger partial charge is 0.0991 e. The maximum absolute atomic E-state index is 6.40. The van der Waals surface area contributed by atoms with E-state index in [1.54, 1.807) is 7.11 Å². The van der Waals surface area contributed by atoms with Crippen molar-refractivity contribution in [3.8, 4) is 0 Å². The van der Waals surface area contributed by atoms with Crippen LogP contribution < -0.4 is 5.32 Å². The maximum Gasteiger partial charge on any atom is 0.0991 e. The van der Waals surface area contributed by atoms with Gasteiger partial charge in [0.2, 0.25) is 0 Å². The molecule has 1 N–H and O–H groups in total. The zero-order valence-electron chi connectivity index (χ0n) is 13.3. The Bertz CT molecular complexity index is 274. The van der Waals surface area contributed by atoms with E-state index in [1.807, 2.05) is 7.05 Å². The van der Waals surface area contributed by atoms with Crippen molar-refractivity contribution in [1.29, 1.82) is 0 Å². The first-order valence-electron chi connectivity index (χ1n) is 8.23. The Morgan fingerprint density at radius 1 is 1.10 bits per heavy atom. The highest BCUT2D eigenvalue weighted by atomic mass is 16.6. The summed E-state index contributed by atoms with van der Waals surface area (Å²) in [5.41, 5.74) is 0. The van der Waals surface area contributed by atoms with Gasteiger partial charge >= 0.3 is 0 Å². The highest BCUT2D eigenvalue weighted by Gasteiger charge is 2.44. The molecule has 2 rings (SSSR count). The van der Waals surface area contributed by atoms with Crippen molar-refractivity contribution in [2.45, 2.75) is 69.8 Å². The van der Waals surface area contributed by atoms with Crippen LogP contribution in [-0.4, -0.2) is 51.7 Å². The van der Waals surface area contributed by atoms with Crippen LogP contribution in [0.3, 0.4) is 0 Å². The van der Waals surface area contributed by atoms with Gasteiger partial charge in [-0.3, -0.25) is 0 Å². The molecule has 4 heteroatoms. The molecular formula is C16H31NO3. The molecule has 0 aromatic carbocycles. The summed E-state index contributed by atoms with van der Waals surface area (Å²) in [4.78, 5) is 0. The Kier molecular flexibility index (Phi) is 6.75. The molecule has 2 fully saturated rings. The molecule has 2 aliphatic carbocycles. The van der Waals surface area contributed by atoms with Crippen molar-refractivity contribution in [2.24, 2.45) is 5.92 Å². The molecule has 2 saturated carbocycles. The maximum atomic E-state index is 6.40. The fourth-order valence-corrected chi connectivity index (χ4v) is 3.53. The molecule has 5 atom stereocenters. The Balaban J connectivity index is 1.81. The van der Waals surface area contributed by atoms with Crippen LogP contribution in [0.4, 0.5) is 0 Å². The van der Waals surface area contributed by atoms with Gasteiger partial charge in [-0.15, -0.1) is 0 Å². The second-order valence-electron chi connectivity index (χ2n) is 6.12. The Morgan fingerprint density at radius 3 is 2.60 bits per heavy atom. The van der Waals surface area contributed by atoms with Crippen LogP contribution in [0, 0.1) is 5.92 Å². The zero-order chi connectivity index (χ0) is 14.4. The van der Waals surface area contributed by atoms with Gasteiger partial charge in [0.05, 0.1) is 31.5 Å². The van der Waals surface area contributed by atoms with Gasteiger partial charge in [-0.1, -0.05) is 26.2 Å². The lowest BCUT2D eigenvalue weighted by Gasteiger charge is -2.46. The number of hydrogen-bond acceptors (Lipinski definition) is 4. The number of ether oxygens (including phenoxy) is 3. The third kappa shape index (κ3) is 3.94. The van der Waals surface area contributed by atoms with Gasteiger partial charge in [0.15, 0.2) is 0 Å². The van der Waals surface area contributed by atoms with Crippen LogP contribution in [0.25, 0.3) is 0 Å². The summed E-state index contributed by atoms with van der Waals surface area (Å²) in [6.45, 7) is 3.60. The van der Waals surface area contributed by atoms with Crippen LogP contribution in [-0.2, 0) is 14.2 Å². The molecule has 0 spiro atoms. The second-order valence-corrected chi connectivity index (χ2v) is 6.12. The molecule has 0 aromatic heterocycles. The molecule has 20 heavy (non-hydrogen) atoms. The van der Waals surface area contributed by atoms with Crippen LogP contribution in [0.1, 0.15) is 45.4 Å². The predicted octanol–water partition coefficient (Wildman–Crippen LogP) is 2.36. The molecule has 118 valence electrons. The average molecular weight is 285 g/mol. The van der Waals surface area contributed by atoms with Gasteiger partial charge in [-0.2, -0.15) is 0 Å². The van der Waals surface area contributed by atoms with Gasteiger partial charge in [-0.05, 0) is 32.2 Å². The number of nitrogens with one attached hydrogen (secondary N) is 1. The first kappa shape index (κ1) is 16.2. The minimum Gasteiger partial charge on any atom is -0.382 e. The van der Waals surface area contributed by atoms with Crippen molar-refractivity contribution < 1.29 is 14.2 Å². The summed E-state index contributed by atoms with van der Waals surface area (Å²) < 4.78 is 17.4. The van der Waals surface area contributed by atoms with E-state index >= 15 is 0 Å². The summed E-state index contributed by atoms with van der Waals surface area (Å²) in [6, 6.07) is 0.431. The minimum atomic E-state index is 0.189. The Hall–Kier alpha value is -0.160. The third-order valence-corrected chi connectivity index (χ3v) is 4.93. The lowest BCUT2D eigenvalue weighted by Crippen LogP contribution is -2.60. The number of rotatable bonds is 8. The number of likely N-dealkylation sites (N-methyl/N-ethyl adjacent to an activating group) is 1. The Morgan fingerprint density at radius 2 is 1.90 bits per heavy atom. The van der Waals surface area contributed by atoms with E-state index in [0.29, 0.717) is 25.4 Å². The van der Waals surface area contributed by atoms with E-state index in [9.17, 15) is 0 Å². The topological polar surface area (TPSA) is 39.7 Å². The second kappa shape index (κ2) is 8.32. The van der Waals surface area contributed by atoms with Crippen LogP contribution in [0.2, 0.25) is 0 Å². The summed E-state index contributed by atoms with van der Waals surface area (Å²) in [7, 11) is 3.71. The molecular weight excluding hydrogens is 254 g/mol. The number of hydrogen-bond donors (Lipinski definition) is 1. The summed E-state index contributed by atoms with van der Waals surface area (Å²) >= 11 is 0. The van der Waals surface area contributed by atoms with E-state index in [4.69, 9.17) is 14.2 Å². The van der Waals surface area contributed by atoms with Gasteiger partial charge in [-0.25, -0.2) is 0 Å². The molecule has 0 saturated heterocycles. The van der Waals surface area contributed by atoms with Gasteiger partial charge < -0.3 is 19.5 Å². The van der Waals surface area contributed by atoms with Crippen molar-refractivity contribution in [3.63, 3.8) is 0 Å². The third-order valence-electron chi connectivity index (χ3n) is 4.93. The van der Waals surface area contributed by atoms with E-state index in [2.05, 4.69) is 12.2 Å². The SMILES string of the molecule is CCC1CCCCC1OC1CC(NC)C1OCCOC. The average Bonchev–Trinajstić information content (AvgIpc) is 2.47. The fourth-order valence-electron chi connectivity index (χ4n) is 3.53. The van der Waals surface area contributed by atoms with E-state index in [0.717, 1.165) is 12.3 Å². The van der Waals surface area contributed by atoms with Gasteiger partial charge in [0, 0.05) is 13.2 Å². The molecule has 4 nitrogen and oxygen atoms in total. The molecule has 0 bridgehead atoms. The molecule has 5 unspecified atom stereocenters. The van der Waals surface area contributed by atoms with Gasteiger partial charge in [0.1, 0.15) is 0 Å². The van der Waals surface area contributed by atoms with Crippen LogP contribution in [0.5, 0.6) is 0 Å². The summed E-state index contributed by atoms with van der Waals surface area (Å²) in [5.74, 6) is 0.747. The quantitative estimate of drug-likeness (QED) is 0.695. The molecule has 2 aliphatic rings. The fraction of sp³-hybridized carbons (Fsp3) is 1.00. The van der Waals surface area contributed by atoms with Crippen molar-refractivity contribution in [2.75, 3.05) is 27.4 Å². The minimum absolute atomic E-state index is 0.189.